The maximum Gasteiger partial charge on any atom is 0.324 e. The van der Waals surface area contributed by atoms with Crippen molar-refractivity contribution in [2.24, 2.45) is 5.41 Å². The second-order valence-corrected chi connectivity index (χ2v) is 12.6. The van der Waals surface area contributed by atoms with Gasteiger partial charge in [0.15, 0.2) is 0 Å². The number of rotatable bonds is 5. The van der Waals surface area contributed by atoms with E-state index in [4.69, 9.17) is 29.4 Å². The van der Waals surface area contributed by atoms with Crippen LogP contribution in [0.1, 0.15) is 90.7 Å². The summed E-state index contributed by atoms with van der Waals surface area (Å²) in [5, 5.41) is 41.0. The van der Waals surface area contributed by atoms with E-state index >= 15 is 0 Å². The minimum atomic E-state index is -2.62. The van der Waals surface area contributed by atoms with Gasteiger partial charge in [-0.2, -0.15) is 0 Å². The summed E-state index contributed by atoms with van der Waals surface area (Å²) in [7, 11) is -5.24. The maximum absolute atomic E-state index is 11.3. The van der Waals surface area contributed by atoms with Crippen LogP contribution >= 0.6 is 17.2 Å². The summed E-state index contributed by atoms with van der Waals surface area (Å²) in [5.74, 6) is 0. The van der Waals surface area contributed by atoms with Gasteiger partial charge in [0.1, 0.15) is 0 Å². The zero-order valence-corrected chi connectivity index (χ0v) is 24.0. The highest BCUT2D eigenvalue weighted by Gasteiger charge is 2.42. The summed E-state index contributed by atoms with van der Waals surface area (Å²) in [4.78, 5) is 43.4. The summed E-state index contributed by atoms with van der Waals surface area (Å²) in [6, 6.07) is 4.26. The largest absolute Gasteiger partial charge is 0.395 e. The molecule has 0 amide bonds. The Labute approximate surface area is 211 Å². The molecule has 0 aliphatic rings. The average molecular weight is 545 g/mol. The van der Waals surface area contributed by atoms with E-state index in [1.807, 2.05) is 0 Å². The molecular weight excluding hydrogens is 498 g/mol. The van der Waals surface area contributed by atoms with Crippen molar-refractivity contribution in [1.82, 2.24) is 0 Å². The van der Waals surface area contributed by atoms with E-state index in [-0.39, 0.29) is 16.2 Å². The molecule has 1 atom stereocenters. The Morgan fingerprint density at radius 3 is 1.03 bits per heavy atom. The SMILES string of the molecule is CC(C)(C)c1cc(C(C)(C)C)c(C(O)C(CO)(CO)CO)c(C(C)(C)C)c1.OP(O)O.OP(O)O. The lowest BCUT2D eigenvalue weighted by molar-refractivity contribution is -0.0863. The van der Waals surface area contributed by atoms with Gasteiger partial charge < -0.3 is 49.8 Å². The molecule has 10 nitrogen and oxygen atoms in total. The first-order valence-corrected chi connectivity index (χ1v) is 13.3. The minimum absolute atomic E-state index is 0.0640. The lowest BCUT2D eigenvalue weighted by Crippen LogP contribution is -2.42. The molecule has 35 heavy (non-hydrogen) atoms. The Morgan fingerprint density at radius 2 is 0.857 bits per heavy atom. The standard InChI is InChI=1S/C23H40O4.2H3O3P/c1-20(2,3)15-10-16(21(4,5)6)18(17(11-15)22(7,8)9)19(27)23(12-24,13-25)14-26;2*1-4(2)3/h10-11,19,24-27H,12-14H2,1-9H3;2*1-3H. The third-order valence-corrected chi connectivity index (χ3v) is 5.46. The Bertz CT molecular complexity index is 691. The predicted octanol–water partition coefficient (Wildman–Crippen LogP) is 1.96. The first-order valence-electron chi connectivity index (χ1n) is 10.9. The average Bonchev–Trinajstić information content (AvgIpc) is 2.65. The van der Waals surface area contributed by atoms with Crippen LogP contribution in [0.2, 0.25) is 0 Å². The van der Waals surface area contributed by atoms with Crippen LogP contribution in [0.3, 0.4) is 0 Å². The maximum atomic E-state index is 11.3. The number of hydrogen-bond donors (Lipinski definition) is 10. The van der Waals surface area contributed by atoms with Crippen molar-refractivity contribution in [3.63, 3.8) is 0 Å². The molecule has 12 heteroatoms. The molecule has 0 aromatic heterocycles. The third-order valence-electron chi connectivity index (χ3n) is 5.46. The molecule has 0 saturated carbocycles. The molecule has 0 spiro atoms. The smallest absolute Gasteiger partial charge is 0.324 e. The van der Waals surface area contributed by atoms with E-state index in [1.54, 1.807) is 0 Å². The number of aliphatic hydroxyl groups is 4. The van der Waals surface area contributed by atoms with Gasteiger partial charge in [-0.25, -0.2) is 0 Å². The molecule has 0 bridgehead atoms. The van der Waals surface area contributed by atoms with Crippen LogP contribution in [0.4, 0.5) is 0 Å². The van der Waals surface area contributed by atoms with Crippen molar-refractivity contribution >= 4 is 17.2 Å². The zero-order valence-electron chi connectivity index (χ0n) is 22.2. The summed E-state index contributed by atoms with van der Waals surface area (Å²) in [6.07, 6.45) is -1.19. The summed E-state index contributed by atoms with van der Waals surface area (Å²) in [5.41, 5.74) is 1.86. The van der Waals surface area contributed by atoms with Gasteiger partial charge in [0.25, 0.3) is 0 Å². The number of aliphatic hydroxyl groups excluding tert-OH is 4. The van der Waals surface area contributed by atoms with E-state index in [2.05, 4.69) is 74.4 Å². The summed E-state index contributed by atoms with van der Waals surface area (Å²) < 4.78 is 0. The van der Waals surface area contributed by atoms with Crippen molar-refractivity contribution in [1.29, 1.82) is 0 Å². The van der Waals surface area contributed by atoms with Crippen molar-refractivity contribution in [2.75, 3.05) is 19.8 Å². The summed E-state index contributed by atoms with van der Waals surface area (Å²) >= 11 is 0. The Kier molecular flexibility index (Phi) is 15.3. The van der Waals surface area contributed by atoms with Crippen LogP contribution in [0.5, 0.6) is 0 Å². The molecule has 1 rings (SSSR count). The monoisotopic (exact) mass is 544 g/mol. The van der Waals surface area contributed by atoms with Crippen LogP contribution in [0.25, 0.3) is 0 Å². The van der Waals surface area contributed by atoms with E-state index in [0.29, 0.717) is 5.56 Å². The van der Waals surface area contributed by atoms with Crippen LogP contribution in [-0.2, 0) is 16.2 Å². The zero-order chi connectivity index (χ0) is 28.6. The molecular formula is C23H46O10P2. The Hall–Kier alpha value is -0.320. The number of benzene rings is 1. The minimum Gasteiger partial charge on any atom is -0.395 e. The first-order chi connectivity index (χ1) is 15.5. The fourth-order valence-corrected chi connectivity index (χ4v) is 3.34. The van der Waals surface area contributed by atoms with Gasteiger partial charge in [-0.3, -0.25) is 0 Å². The van der Waals surface area contributed by atoms with Gasteiger partial charge in [-0.05, 0) is 38.5 Å². The molecule has 0 heterocycles. The van der Waals surface area contributed by atoms with Gasteiger partial charge in [0.2, 0.25) is 0 Å². The van der Waals surface area contributed by atoms with E-state index in [1.165, 1.54) is 5.56 Å². The van der Waals surface area contributed by atoms with E-state index in [0.717, 1.165) is 11.1 Å². The van der Waals surface area contributed by atoms with Crippen LogP contribution in [-0.4, -0.2) is 69.6 Å². The van der Waals surface area contributed by atoms with Gasteiger partial charge in [-0.1, -0.05) is 74.4 Å². The molecule has 0 aliphatic carbocycles. The fourth-order valence-electron chi connectivity index (χ4n) is 3.34. The quantitative estimate of drug-likeness (QED) is 0.244. The lowest BCUT2D eigenvalue weighted by atomic mass is 9.67. The lowest BCUT2D eigenvalue weighted by Gasteiger charge is -2.40. The molecule has 208 valence electrons. The first kappa shape index (κ1) is 36.8. The summed E-state index contributed by atoms with van der Waals surface area (Å²) in [6.45, 7) is 17.5. The fraction of sp³-hybridized carbons (Fsp3) is 0.739. The van der Waals surface area contributed by atoms with E-state index in [9.17, 15) is 20.4 Å². The van der Waals surface area contributed by atoms with Crippen LogP contribution in [0.15, 0.2) is 12.1 Å². The highest BCUT2D eigenvalue weighted by molar-refractivity contribution is 7.38. The second kappa shape index (κ2) is 14.6. The molecule has 1 aromatic carbocycles. The highest BCUT2D eigenvalue weighted by atomic mass is 31.2. The van der Waals surface area contributed by atoms with Crippen molar-refractivity contribution < 1.29 is 49.8 Å². The Morgan fingerprint density at radius 1 is 0.600 bits per heavy atom. The molecule has 0 radical (unpaired) electrons. The van der Waals surface area contributed by atoms with Crippen molar-refractivity contribution in [3.8, 4) is 0 Å². The number of hydrogen-bond acceptors (Lipinski definition) is 10. The molecule has 0 saturated heterocycles. The van der Waals surface area contributed by atoms with Crippen LogP contribution < -0.4 is 0 Å². The van der Waals surface area contributed by atoms with Crippen LogP contribution in [0, 0.1) is 5.41 Å². The normalized spacial score (nSPS) is 13.7. The molecule has 10 N–H and O–H groups in total. The third kappa shape index (κ3) is 12.2. The second-order valence-electron chi connectivity index (χ2n) is 11.5. The van der Waals surface area contributed by atoms with Gasteiger partial charge in [-0.15, -0.1) is 0 Å². The molecule has 1 aromatic rings. The molecule has 0 aliphatic heterocycles. The van der Waals surface area contributed by atoms with Crippen molar-refractivity contribution in [2.45, 2.75) is 84.7 Å². The van der Waals surface area contributed by atoms with Gasteiger partial charge in [0, 0.05) is 0 Å². The van der Waals surface area contributed by atoms with Gasteiger partial charge in [0.05, 0.1) is 31.3 Å². The van der Waals surface area contributed by atoms with Crippen molar-refractivity contribution in [3.05, 3.63) is 34.4 Å². The van der Waals surface area contributed by atoms with Gasteiger partial charge >= 0.3 is 17.2 Å². The molecule has 1 unspecified atom stereocenters. The Balaban J connectivity index is 0. The topological polar surface area (TPSA) is 202 Å². The molecule has 0 fully saturated rings. The predicted molar refractivity (Wildman–Crippen MR) is 138 cm³/mol. The van der Waals surface area contributed by atoms with E-state index < -0.39 is 48.5 Å². The highest BCUT2D eigenvalue weighted by Crippen LogP contribution is 2.45.